The molecule has 1 aromatic rings. The number of carbonyl (C=O) groups is 2. The number of aliphatic carboxylic acids is 1. The third kappa shape index (κ3) is 2.70. The van der Waals surface area contributed by atoms with Gasteiger partial charge in [0, 0.05) is 18.8 Å². The number of anilines is 1. The van der Waals surface area contributed by atoms with Crippen LogP contribution < -0.4 is 5.32 Å². The third-order valence-electron chi connectivity index (χ3n) is 3.80. The summed E-state index contributed by atoms with van der Waals surface area (Å²) in [5.41, 5.74) is -0.0644. The van der Waals surface area contributed by atoms with E-state index in [0.29, 0.717) is 19.4 Å². The van der Waals surface area contributed by atoms with Crippen molar-refractivity contribution >= 4 is 17.7 Å². The van der Waals surface area contributed by atoms with E-state index in [1.165, 1.54) is 0 Å². The molecule has 2 rings (SSSR count). The fourth-order valence-corrected chi connectivity index (χ4v) is 2.38. The Hall–Kier alpha value is -2.04. The number of rotatable bonds is 3. The SMILES string of the molecule is CCC1(C(=O)O)CCN(C(=O)Nc2ccccc2)C1. The van der Waals surface area contributed by atoms with Crippen molar-refractivity contribution in [3.63, 3.8) is 0 Å². The molecule has 1 unspecified atom stereocenters. The Bertz CT molecular complexity index is 475. The predicted octanol–water partition coefficient (Wildman–Crippen LogP) is 2.41. The maximum absolute atomic E-state index is 12.1. The van der Waals surface area contributed by atoms with E-state index in [9.17, 15) is 14.7 Å². The molecule has 102 valence electrons. The molecule has 0 spiro atoms. The number of carboxylic acids is 1. The average Bonchev–Trinajstić information content (AvgIpc) is 2.86. The molecule has 1 aromatic carbocycles. The summed E-state index contributed by atoms with van der Waals surface area (Å²) >= 11 is 0. The summed E-state index contributed by atoms with van der Waals surface area (Å²) in [4.78, 5) is 25.0. The topological polar surface area (TPSA) is 69.6 Å². The zero-order chi connectivity index (χ0) is 13.9. The average molecular weight is 262 g/mol. The van der Waals surface area contributed by atoms with E-state index in [-0.39, 0.29) is 12.6 Å². The highest BCUT2D eigenvalue weighted by molar-refractivity contribution is 5.90. The van der Waals surface area contributed by atoms with Gasteiger partial charge in [0.05, 0.1) is 5.41 Å². The number of hydrogen-bond donors (Lipinski definition) is 2. The number of carboxylic acid groups (broad SMARTS) is 1. The molecule has 0 aromatic heterocycles. The lowest BCUT2D eigenvalue weighted by molar-refractivity contribution is -0.148. The number of amides is 2. The van der Waals surface area contributed by atoms with Gasteiger partial charge >= 0.3 is 12.0 Å². The number of urea groups is 1. The van der Waals surface area contributed by atoms with Crippen molar-refractivity contribution in [2.75, 3.05) is 18.4 Å². The molecule has 1 atom stereocenters. The van der Waals surface area contributed by atoms with E-state index in [1.807, 2.05) is 25.1 Å². The summed E-state index contributed by atoms with van der Waals surface area (Å²) in [6.07, 6.45) is 1.05. The minimum Gasteiger partial charge on any atom is -0.481 e. The Morgan fingerprint density at radius 3 is 2.58 bits per heavy atom. The van der Waals surface area contributed by atoms with Crippen molar-refractivity contribution in [2.24, 2.45) is 5.41 Å². The maximum atomic E-state index is 12.1. The van der Waals surface area contributed by atoms with Crippen LogP contribution in [0.2, 0.25) is 0 Å². The summed E-state index contributed by atoms with van der Waals surface area (Å²) in [6, 6.07) is 8.93. The van der Waals surface area contributed by atoms with Crippen molar-refractivity contribution in [3.8, 4) is 0 Å². The highest BCUT2D eigenvalue weighted by Gasteiger charge is 2.44. The van der Waals surface area contributed by atoms with Gasteiger partial charge in [-0.15, -0.1) is 0 Å². The smallest absolute Gasteiger partial charge is 0.321 e. The van der Waals surface area contributed by atoms with Crippen molar-refractivity contribution in [3.05, 3.63) is 30.3 Å². The molecule has 5 nitrogen and oxygen atoms in total. The molecule has 0 saturated carbocycles. The Morgan fingerprint density at radius 2 is 2.05 bits per heavy atom. The van der Waals surface area contributed by atoms with Gasteiger partial charge in [-0.2, -0.15) is 0 Å². The van der Waals surface area contributed by atoms with E-state index >= 15 is 0 Å². The number of carbonyl (C=O) groups excluding carboxylic acids is 1. The minimum atomic E-state index is -0.815. The molecule has 0 bridgehead atoms. The lowest BCUT2D eigenvalue weighted by Crippen LogP contribution is -2.38. The molecule has 1 heterocycles. The quantitative estimate of drug-likeness (QED) is 0.878. The summed E-state index contributed by atoms with van der Waals surface area (Å²) < 4.78 is 0. The molecule has 19 heavy (non-hydrogen) atoms. The fraction of sp³-hybridized carbons (Fsp3) is 0.429. The first-order valence-electron chi connectivity index (χ1n) is 6.42. The van der Waals surface area contributed by atoms with Gasteiger partial charge in [-0.3, -0.25) is 4.79 Å². The van der Waals surface area contributed by atoms with Gasteiger partial charge in [-0.25, -0.2) is 4.79 Å². The first-order chi connectivity index (χ1) is 9.07. The Morgan fingerprint density at radius 1 is 1.37 bits per heavy atom. The Labute approximate surface area is 112 Å². The van der Waals surface area contributed by atoms with Crippen molar-refractivity contribution < 1.29 is 14.7 Å². The molecule has 1 aliphatic heterocycles. The van der Waals surface area contributed by atoms with Gasteiger partial charge in [0.15, 0.2) is 0 Å². The van der Waals surface area contributed by atoms with Crippen molar-refractivity contribution in [2.45, 2.75) is 19.8 Å². The number of nitrogens with one attached hydrogen (secondary N) is 1. The van der Waals surface area contributed by atoms with Crippen molar-refractivity contribution in [1.29, 1.82) is 0 Å². The first kappa shape index (κ1) is 13.4. The Kier molecular flexibility index (Phi) is 3.74. The molecule has 2 amide bonds. The summed E-state index contributed by atoms with van der Waals surface area (Å²) in [7, 11) is 0. The van der Waals surface area contributed by atoms with Gasteiger partial charge in [-0.1, -0.05) is 25.1 Å². The molecular formula is C14H18N2O3. The van der Waals surface area contributed by atoms with Crippen LogP contribution in [0.3, 0.4) is 0 Å². The van der Waals surface area contributed by atoms with Crippen LogP contribution in [0.25, 0.3) is 0 Å². The van der Waals surface area contributed by atoms with E-state index in [1.54, 1.807) is 17.0 Å². The second-order valence-corrected chi connectivity index (χ2v) is 4.91. The normalized spacial score (nSPS) is 22.3. The molecule has 1 saturated heterocycles. The second-order valence-electron chi connectivity index (χ2n) is 4.91. The van der Waals surface area contributed by atoms with Crippen LogP contribution in [0, 0.1) is 5.41 Å². The molecule has 0 radical (unpaired) electrons. The van der Waals surface area contributed by atoms with Crippen LogP contribution in [-0.4, -0.2) is 35.1 Å². The van der Waals surface area contributed by atoms with Crippen LogP contribution in [0.15, 0.2) is 30.3 Å². The van der Waals surface area contributed by atoms with Gasteiger partial charge in [0.2, 0.25) is 0 Å². The second kappa shape index (κ2) is 5.30. The number of benzene rings is 1. The maximum Gasteiger partial charge on any atom is 0.321 e. The lowest BCUT2D eigenvalue weighted by atomic mass is 9.84. The Balaban J connectivity index is 2.01. The molecule has 1 fully saturated rings. The van der Waals surface area contributed by atoms with Crippen LogP contribution in [0.1, 0.15) is 19.8 Å². The van der Waals surface area contributed by atoms with Gasteiger partial charge in [0.25, 0.3) is 0 Å². The van der Waals surface area contributed by atoms with Gasteiger partial charge < -0.3 is 15.3 Å². The fourth-order valence-electron chi connectivity index (χ4n) is 2.38. The van der Waals surface area contributed by atoms with E-state index in [0.717, 1.165) is 5.69 Å². The van der Waals surface area contributed by atoms with E-state index < -0.39 is 11.4 Å². The lowest BCUT2D eigenvalue weighted by Gasteiger charge is -2.23. The summed E-state index contributed by atoms with van der Waals surface area (Å²) in [5, 5.41) is 12.1. The highest BCUT2D eigenvalue weighted by atomic mass is 16.4. The number of para-hydroxylation sites is 1. The van der Waals surface area contributed by atoms with Gasteiger partial charge in [0.1, 0.15) is 0 Å². The zero-order valence-corrected chi connectivity index (χ0v) is 10.9. The zero-order valence-electron chi connectivity index (χ0n) is 10.9. The molecular weight excluding hydrogens is 244 g/mol. The largest absolute Gasteiger partial charge is 0.481 e. The first-order valence-corrected chi connectivity index (χ1v) is 6.42. The molecule has 2 N–H and O–H groups in total. The number of nitrogens with zero attached hydrogens (tertiary/aromatic N) is 1. The molecule has 1 aliphatic rings. The van der Waals surface area contributed by atoms with Crippen LogP contribution in [0.4, 0.5) is 10.5 Å². The van der Waals surface area contributed by atoms with Crippen LogP contribution >= 0.6 is 0 Å². The van der Waals surface area contributed by atoms with E-state index in [2.05, 4.69) is 5.32 Å². The summed E-state index contributed by atoms with van der Waals surface area (Å²) in [5.74, 6) is -0.815. The standard InChI is InChI=1S/C14H18N2O3/c1-2-14(12(17)18)8-9-16(10-14)13(19)15-11-6-4-3-5-7-11/h3-7H,2,8-10H2,1H3,(H,15,19)(H,17,18). The minimum absolute atomic E-state index is 0.234. The highest BCUT2D eigenvalue weighted by Crippen LogP contribution is 2.34. The number of hydrogen-bond acceptors (Lipinski definition) is 2. The molecule has 0 aliphatic carbocycles. The predicted molar refractivity (Wildman–Crippen MR) is 72.0 cm³/mol. The van der Waals surface area contributed by atoms with Crippen molar-refractivity contribution in [1.82, 2.24) is 4.90 Å². The van der Waals surface area contributed by atoms with E-state index in [4.69, 9.17) is 0 Å². The van der Waals surface area contributed by atoms with Gasteiger partial charge in [-0.05, 0) is 25.0 Å². The number of likely N-dealkylation sites (tertiary alicyclic amines) is 1. The molecule has 5 heteroatoms. The third-order valence-corrected chi connectivity index (χ3v) is 3.80. The monoisotopic (exact) mass is 262 g/mol. The van der Waals surface area contributed by atoms with Crippen LogP contribution in [0.5, 0.6) is 0 Å². The summed E-state index contributed by atoms with van der Waals surface area (Å²) in [6.45, 7) is 2.61. The van der Waals surface area contributed by atoms with Crippen LogP contribution in [-0.2, 0) is 4.79 Å².